The molecule has 22 heavy (non-hydrogen) atoms. The molecule has 0 unspecified atom stereocenters. The maximum Gasteiger partial charge on any atom is 0.223 e. The van der Waals surface area contributed by atoms with Crippen LogP contribution in [0.5, 0.6) is 0 Å². The minimum atomic E-state index is 0.0777. The zero-order valence-electron chi connectivity index (χ0n) is 15.1. The van der Waals surface area contributed by atoms with Crippen LogP contribution in [0.3, 0.4) is 0 Å². The Bertz CT molecular complexity index is 375. The number of nitrogens with one attached hydrogen (secondary N) is 1. The van der Waals surface area contributed by atoms with Gasteiger partial charge < -0.3 is 10.2 Å². The van der Waals surface area contributed by atoms with Crippen molar-refractivity contribution in [3.05, 3.63) is 0 Å². The second kappa shape index (κ2) is 6.85. The van der Waals surface area contributed by atoms with Crippen molar-refractivity contribution in [1.29, 1.82) is 0 Å². The average Bonchev–Trinajstić information content (AvgIpc) is 2.46. The Balaban J connectivity index is 1.87. The lowest BCUT2D eigenvalue weighted by Crippen LogP contribution is -2.65. The zero-order valence-corrected chi connectivity index (χ0v) is 15.1. The van der Waals surface area contributed by atoms with Crippen molar-refractivity contribution in [2.75, 3.05) is 52.4 Å². The normalized spacial score (nSPS) is 22.9. The van der Waals surface area contributed by atoms with E-state index < -0.39 is 0 Å². The largest absolute Gasteiger partial charge is 0.340 e. The van der Waals surface area contributed by atoms with Crippen LogP contribution in [0.4, 0.5) is 0 Å². The van der Waals surface area contributed by atoms with Gasteiger partial charge in [0.05, 0.1) is 5.66 Å². The van der Waals surface area contributed by atoms with Crippen molar-refractivity contribution in [3.63, 3.8) is 0 Å². The van der Waals surface area contributed by atoms with Gasteiger partial charge in [0.2, 0.25) is 5.91 Å². The Morgan fingerprint density at radius 3 is 1.86 bits per heavy atom. The van der Waals surface area contributed by atoms with E-state index in [0.717, 1.165) is 52.4 Å². The van der Waals surface area contributed by atoms with Gasteiger partial charge >= 0.3 is 0 Å². The first kappa shape index (κ1) is 17.7. The monoisotopic (exact) mass is 310 g/mol. The van der Waals surface area contributed by atoms with Crippen LogP contribution >= 0.6 is 0 Å². The van der Waals surface area contributed by atoms with Crippen LogP contribution in [0.2, 0.25) is 0 Å². The van der Waals surface area contributed by atoms with E-state index in [2.05, 4.69) is 54.6 Å². The van der Waals surface area contributed by atoms with Gasteiger partial charge in [-0.3, -0.25) is 14.6 Å². The van der Waals surface area contributed by atoms with Crippen LogP contribution in [-0.4, -0.2) is 78.6 Å². The van der Waals surface area contributed by atoms with Gasteiger partial charge in [-0.15, -0.1) is 0 Å². The Labute approximate surface area is 136 Å². The van der Waals surface area contributed by atoms with E-state index in [1.807, 2.05) is 0 Å². The zero-order chi connectivity index (χ0) is 16.4. The smallest absolute Gasteiger partial charge is 0.223 e. The molecule has 0 atom stereocenters. The highest BCUT2D eigenvalue weighted by atomic mass is 16.2. The molecule has 2 aliphatic rings. The molecule has 0 aromatic carbocycles. The number of hydrogen-bond acceptors (Lipinski definition) is 4. The van der Waals surface area contributed by atoms with Gasteiger partial charge in [-0.25, -0.2) is 0 Å². The van der Waals surface area contributed by atoms with Crippen molar-refractivity contribution in [2.24, 2.45) is 5.41 Å². The van der Waals surface area contributed by atoms with Gasteiger partial charge in [0.1, 0.15) is 0 Å². The van der Waals surface area contributed by atoms with E-state index in [9.17, 15) is 4.79 Å². The Hall–Kier alpha value is -0.650. The van der Waals surface area contributed by atoms with E-state index in [-0.39, 0.29) is 11.1 Å². The predicted molar refractivity (Wildman–Crippen MR) is 90.7 cm³/mol. The maximum atomic E-state index is 12.4. The van der Waals surface area contributed by atoms with Gasteiger partial charge in [0, 0.05) is 58.8 Å². The molecule has 2 aliphatic heterocycles. The highest BCUT2D eigenvalue weighted by molar-refractivity contribution is 5.76. The average molecular weight is 310 g/mol. The summed E-state index contributed by atoms with van der Waals surface area (Å²) in [4.78, 5) is 19.5. The molecule has 0 spiro atoms. The van der Waals surface area contributed by atoms with Crippen molar-refractivity contribution in [3.8, 4) is 0 Å². The van der Waals surface area contributed by atoms with Gasteiger partial charge in [-0.2, -0.15) is 0 Å². The lowest BCUT2D eigenvalue weighted by Gasteiger charge is -2.51. The maximum absolute atomic E-state index is 12.4. The van der Waals surface area contributed by atoms with Crippen LogP contribution in [0, 0.1) is 5.41 Å². The molecule has 5 heteroatoms. The SMILES string of the molecule is CC(C)(C)CC(=O)N1CCN(C(C)(C)N2CCNCC2)CC1. The summed E-state index contributed by atoms with van der Waals surface area (Å²) in [5.41, 5.74) is 0.162. The van der Waals surface area contributed by atoms with Gasteiger partial charge in [0.25, 0.3) is 0 Å². The fraction of sp³-hybridized carbons (Fsp3) is 0.941. The highest BCUT2D eigenvalue weighted by Crippen LogP contribution is 2.24. The molecule has 0 saturated carbocycles. The first-order valence-electron chi connectivity index (χ1n) is 8.69. The third-order valence-corrected chi connectivity index (χ3v) is 4.98. The molecule has 2 heterocycles. The summed E-state index contributed by atoms with van der Waals surface area (Å²) in [7, 11) is 0. The van der Waals surface area contributed by atoms with Crippen LogP contribution in [0.25, 0.3) is 0 Å². The lowest BCUT2D eigenvalue weighted by atomic mass is 9.91. The minimum absolute atomic E-state index is 0.0777. The quantitative estimate of drug-likeness (QED) is 0.850. The fourth-order valence-electron chi connectivity index (χ4n) is 3.48. The van der Waals surface area contributed by atoms with Crippen LogP contribution in [0.15, 0.2) is 0 Å². The molecule has 0 aliphatic carbocycles. The number of rotatable bonds is 3. The number of hydrogen-bond donors (Lipinski definition) is 1. The second-order valence-corrected chi connectivity index (χ2v) is 8.34. The van der Waals surface area contributed by atoms with E-state index in [1.165, 1.54) is 0 Å². The molecule has 2 rings (SSSR count). The molecule has 0 bridgehead atoms. The van der Waals surface area contributed by atoms with Crippen molar-refractivity contribution in [2.45, 2.75) is 46.7 Å². The number of nitrogens with zero attached hydrogens (tertiary/aromatic N) is 3. The van der Waals surface area contributed by atoms with E-state index in [4.69, 9.17) is 0 Å². The molecule has 128 valence electrons. The molecule has 0 aromatic heterocycles. The molecule has 1 N–H and O–H groups in total. The Morgan fingerprint density at radius 1 is 0.864 bits per heavy atom. The van der Waals surface area contributed by atoms with E-state index in [0.29, 0.717) is 12.3 Å². The summed E-state index contributed by atoms with van der Waals surface area (Å²) in [5.74, 6) is 0.312. The summed E-state index contributed by atoms with van der Waals surface area (Å²) in [5, 5.41) is 3.42. The van der Waals surface area contributed by atoms with Gasteiger partial charge in [-0.1, -0.05) is 20.8 Å². The highest BCUT2D eigenvalue weighted by Gasteiger charge is 2.36. The van der Waals surface area contributed by atoms with E-state index in [1.54, 1.807) is 0 Å². The minimum Gasteiger partial charge on any atom is -0.340 e. The van der Waals surface area contributed by atoms with Gasteiger partial charge in [0.15, 0.2) is 0 Å². The topological polar surface area (TPSA) is 38.8 Å². The van der Waals surface area contributed by atoms with E-state index >= 15 is 0 Å². The summed E-state index contributed by atoms with van der Waals surface area (Å²) >= 11 is 0. The first-order chi connectivity index (χ1) is 10.2. The second-order valence-electron chi connectivity index (χ2n) is 8.34. The molecular formula is C17H34N4O. The molecule has 0 radical (unpaired) electrons. The standard InChI is InChI=1S/C17H34N4O/c1-16(2,3)14-15(22)19-10-12-21(13-11-19)17(4,5)20-8-6-18-7-9-20/h18H,6-14H2,1-5H3. The number of carbonyl (C=O) groups excluding carboxylic acids is 1. The van der Waals surface area contributed by atoms with Crippen molar-refractivity contribution >= 4 is 5.91 Å². The predicted octanol–water partition coefficient (Wildman–Crippen LogP) is 1.21. The Morgan fingerprint density at radius 2 is 1.36 bits per heavy atom. The summed E-state index contributed by atoms with van der Waals surface area (Å²) in [6, 6.07) is 0. The number of carbonyl (C=O) groups is 1. The van der Waals surface area contributed by atoms with Crippen LogP contribution in [-0.2, 0) is 4.79 Å². The molecule has 2 saturated heterocycles. The van der Waals surface area contributed by atoms with Crippen molar-refractivity contribution < 1.29 is 4.79 Å². The lowest BCUT2D eigenvalue weighted by molar-refractivity contribution is -0.137. The summed E-state index contributed by atoms with van der Waals surface area (Å²) < 4.78 is 0. The third kappa shape index (κ3) is 4.43. The van der Waals surface area contributed by atoms with Crippen LogP contribution < -0.4 is 5.32 Å². The van der Waals surface area contributed by atoms with Crippen LogP contribution in [0.1, 0.15) is 41.0 Å². The van der Waals surface area contributed by atoms with Gasteiger partial charge in [-0.05, 0) is 19.3 Å². The fourth-order valence-corrected chi connectivity index (χ4v) is 3.48. The third-order valence-electron chi connectivity index (χ3n) is 4.98. The summed E-state index contributed by atoms with van der Waals surface area (Å²) in [6.45, 7) is 19.1. The van der Waals surface area contributed by atoms with Crippen molar-refractivity contribution in [1.82, 2.24) is 20.0 Å². The molecule has 0 aromatic rings. The number of piperazine rings is 2. The summed E-state index contributed by atoms with van der Waals surface area (Å²) in [6.07, 6.45) is 0.647. The molecule has 2 fully saturated rings. The molecular weight excluding hydrogens is 276 g/mol. The molecule has 5 nitrogen and oxygen atoms in total. The number of amides is 1. The Kier molecular flexibility index (Phi) is 5.51. The first-order valence-corrected chi connectivity index (χ1v) is 8.69. The molecule has 1 amide bonds.